The summed E-state index contributed by atoms with van der Waals surface area (Å²) in [7, 11) is 0. The minimum atomic E-state index is -4.61. The first-order valence-electron chi connectivity index (χ1n) is 7.13. The number of carbonyl (C=O) groups excluding carboxylic acids is 2. The summed E-state index contributed by atoms with van der Waals surface area (Å²) in [5.41, 5.74) is 0. The fraction of sp³-hybridized carbons (Fsp3) is 0.846. The van der Waals surface area contributed by atoms with Gasteiger partial charge in [0.15, 0.2) is 0 Å². The molecule has 0 aliphatic carbocycles. The van der Waals surface area contributed by atoms with Crippen LogP contribution < -0.4 is 0 Å². The van der Waals surface area contributed by atoms with Gasteiger partial charge in [-0.05, 0) is 6.42 Å². The van der Waals surface area contributed by atoms with Crippen molar-refractivity contribution in [3.63, 3.8) is 0 Å². The molecule has 0 aromatic carbocycles. The topological polar surface area (TPSA) is 40.6 Å². The normalized spacial score (nSPS) is 19.3. The van der Waals surface area contributed by atoms with Crippen LogP contribution in [0.3, 0.4) is 0 Å². The minimum Gasteiger partial charge on any atom is -0.333 e. The molecule has 4 nitrogen and oxygen atoms in total. The molecular weight excluding hydrogens is 330 g/mol. The number of halogens is 6. The summed E-state index contributed by atoms with van der Waals surface area (Å²) in [6.07, 6.45) is -8.80. The minimum absolute atomic E-state index is 0.140. The first-order valence-corrected chi connectivity index (χ1v) is 7.13. The fourth-order valence-electron chi connectivity index (χ4n) is 2.40. The van der Waals surface area contributed by atoms with E-state index in [0.717, 1.165) is 0 Å². The lowest BCUT2D eigenvalue weighted by atomic mass is 10.1. The molecule has 0 aromatic heterocycles. The number of likely N-dealkylation sites (tertiary alicyclic amines) is 1. The molecule has 1 unspecified atom stereocenters. The van der Waals surface area contributed by atoms with E-state index in [2.05, 4.69) is 0 Å². The van der Waals surface area contributed by atoms with E-state index in [0.29, 0.717) is 22.6 Å². The molecule has 0 saturated carbocycles. The van der Waals surface area contributed by atoms with Gasteiger partial charge in [-0.25, -0.2) is 0 Å². The van der Waals surface area contributed by atoms with Crippen LogP contribution in [0.4, 0.5) is 26.3 Å². The predicted molar refractivity (Wildman–Crippen MR) is 68.3 cm³/mol. The number of unbranched alkanes of at least 4 members (excludes halogenated alkanes) is 1. The Morgan fingerprint density at radius 1 is 1.22 bits per heavy atom. The van der Waals surface area contributed by atoms with E-state index >= 15 is 0 Å². The van der Waals surface area contributed by atoms with Crippen LogP contribution in [0.25, 0.3) is 0 Å². The average Bonchev–Trinajstić information content (AvgIpc) is 2.71. The highest BCUT2D eigenvalue weighted by atomic mass is 19.4. The Morgan fingerprint density at radius 2 is 1.83 bits per heavy atom. The molecule has 1 saturated heterocycles. The summed E-state index contributed by atoms with van der Waals surface area (Å²) in [4.78, 5) is 24.7. The van der Waals surface area contributed by atoms with Gasteiger partial charge < -0.3 is 9.80 Å². The molecule has 23 heavy (non-hydrogen) atoms. The molecule has 1 aliphatic rings. The Balaban J connectivity index is 2.74. The van der Waals surface area contributed by atoms with Gasteiger partial charge in [0.1, 0.15) is 13.1 Å². The van der Waals surface area contributed by atoms with Crippen LogP contribution in [0.5, 0.6) is 0 Å². The van der Waals surface area contributed by atoms with Crippen LogP contribution in [-0.4, -0.2) is 60.1 Å². The Bertz CT molecular complexity index is 435. The molecular formula is C13H18F6N2O2. The van der Waals surface area contributed by atoms with E-state index in [1.165, 1.54) is 0 Å². The fourth-order valence-corrected chi connectivity index (χ4v) is 2.40. The van der Waals surface area contributed by atoms with E-state index in [1.807, 2.05) is 0 Å². The van der Waals surface area contributed by atoms with E-state index in [1.54, 1.807) is 6.92 Å². The van der Waals surface area contributed by atoms with Crippen molar-refractivity contribution in [3.8, 4) is 0 Å². The highest BCUT2D eigenvalue weighted by Gasteiger charge is 2.43. The van der Waals surface area contributed by atoms with E-state index in [-0.39, 0.29) is 6.54 Å². The highest BCUT2D eigenvalue weighted by molar-refractivity contribution is 5.89. The first kappa shape index (κ1) is 19.6. The maximum absolute atomic E-state index is 12.5. The molecule has 0 spiro atoms. The number of rotatable bonds is 6. The molecule has 1 atom stereocenters. The van der Waals surface area contributed by atoms with Gasteiger partial charge in [0.2, 0.25) is 11.8 Å². The number of hydrogen-bond acceptors (Lipinski definition) is 2. The third kappa shape index (κ3) is 6.66. The molecule has 0 radical (unpaired) electrons. The van der Waals surface area contributed by atoms with Gasteiger partial charge in [0.25, 0.3) is 0 Å². The van der Waals surface area contributed by atoms with Crippen molar-refractivity contribution in [3.05, 3.63) is 0 Å². The molecule has 0 aromatic rings. The Labute approximate surface area is 129 Å². The van der Waals surface area contributed by atoms with Crippen molar-refractivity contribution in [2.24, 2.45) is 5.92 Å². The van der Waals surface area contributed by atoms with Gasteiger partial charge in [-0.1, -0.05) is 13.3 Å². The van der Waals surface area contributed by atoms with Crippen LogP contribution in [0, 0.1) is 5.92 Å². The van der Waals surface area contributed by atoms with Crippen LogP contribution in [-0.2, 0) is 9.59 Å². The van der Waals surface area contributed by atoms with Gasteiger partial charge >= 0.3 is 12.4 Å². The summed E-state index contributed by atoms with van der Waals surface area (Å²) >= 11 is 0. The van der Waals surface area contributed by atoms with Crippen molar-refractivity contribution >= 4 is 11.8 Å². The number of amides is 2. The summed E-state index contributed by atoms with van der Waals surface area (Å²) < 4.78 is 74.6. The van der Waals surface area contributed by atoms with Crippen LogP contribution in [0.15, 0.2) is 0 Å². The second-order valence-corrected chi connectivity index (χ2v) is 5.52. The van der Waals surface area contributed by atoms with Crippen molar-refractivity contribution in [2.45, 2.75) is 38.5 Å². The summed E-state index contributed by atoms with van der Waals surface area (Å²) in [6, 6.07) is 0. The number of carbonyl (C=O) groups is 2. The lowest BCUT2D eigenvalue weighted by Gasteiger charge is -2.26. The molecule has 1 fully saturated rings. The standard InChI is InChI=1S/C13H18F6N2O2/c1-2-3-4-20(7-12(14,15)16)11(23)9-5-10(22)21(6-9)8-13(17,18)19/h9H,2-8H2,1H3. The molecule has 0 N–H and O–H groups in total. The molecule has 1 heterocycles. The maximum Gasteiger partial charge on any atom is 0.406 e. The van der Waals surface area contributed by atoms with Crippen molar-refractivity contribution < 1.29 is 35.9 Å². The van der Waals surface area contributed by atoms with E-state index in [9.17, 15) is 35.9 Å². The van der Waals surface area contributed by atoms with Crippen molar-refractivity contribution in [1.29, 1.82) is 0 Å². The Kier molecular flexibility index (Phi) is 6.29. The SMILES string of the molecule is CCCCN(CC(F)(F)F)C(=O)C1CC(=O)N(CC(F)(F)F)C1. The third-order valence-electron chi connectivity index (χ3n) is 3.40. The zero-order chi connectivity index (χ0) is 17.8. The highest BCUT2D eigenvalue weighted by Crippen LogP contribution is 2.26. The van der Waals surface area contributed by atoms with Gasteiger partial charge in [-0.3, -0.25) is 9.59 Å². The lowest BCUT2D eigenvalue weighted by Crippen LogP contribution is -2.43. The van der Waals surface area contributed by atoms with Crippen molar-refractivity contribution in [2.75, 3.05) is 26.2 Å². The molecule has 2 amide bonds. The van der Waals surface area contributed by atoms with Gasteiger partial charge in [0, 0.05) is 19.5 Å². The van der Waals surface area contributed by atoms with Gasteiger partial charge in [-0.15, -0.1) is 0 Å². The maximum atomic E-state index is 12.5. The number of alkyl halides is 6. The Morgan fingerprint density at radius 3 is 2.30 bits per heavy atom. The largest absolute Gasteiger partial charge is 0.406 e. The predicted octanol–water partition coefficient (Wildman–Crippen LogP) is 2.59. The molecule has 10 heteroatoms. The number of nitrogens with zero attached hydrogens (tertiary/aromatic N) is 2. The average molecular weight is 348 g/mol. The lowest BCUT2D eigenvalue weighted by molar-refractivity contribution is -0.164. The van der Waals surface area contributed by atoms with E-state index in [4.69, 9.17) is 0 Å². The van der Waals surface area contributed by atoms with Gasteiger partial charge in [-0.2, -0.15) is 26.3 Å². The third-order valence-corrected chi connectivity index (χ3v) is 3.40. The summed E-state index contributed by atoms with van der Waals surface area (Å²) in [5, 5.41) is 0. The zero-order valence-electron chi connectivity index (χ0n) is 12.5. The van der Waals surface area contributed by atoms with E-state index < -0.39 is 56.1 Å². The molecule has 0 bridgehead atoms. The Hall–Kier alpha value is -1.48. The van der Waals surface area contributed by atoms with Crippen LogP contribution in [0.2, 0.25) is 0 Å². The van der Waals surface area contributed by atoms with Crippen LogP contribution >= 0.6 is 0 Å². The molecule has 134 valence electrons. The zero-order valence-corrected chi connectivity index (χ0v) is 12.5. The molecule has 1 aliphatic heterocycles. The summed E-state index contributed by atoms with van der Waals surface area (Å²) in [6.45, 7) is -1.86. The van der Waals surface area contributed by atoms with Gasteiger partial charge in [0.05, 0.1) is 5.92 Å². The molecule has 1 rings (SSSR count). The first-order chi connectivity index (χ1) is 10.4. The smallest absolute Gasteiger partial charge is 0.333 e. The monoisotopic (exact) mass is 348 g/mol. The number of hydrogen-bond donors (Lipinski definition) is 0. The van der Waals surface area contributed by atoms with Crippen LogP contribution in [0.1, 0.15) is 26.2 Å². The quantitative estimate of drug-likeness (QED) is 0.693. The second-order valence-electron chi connectivity index (χ2n) is 5.52. The second kappa shape index (κ2) is 7.39. The van der Waals surface area contributed by atoms with Crippen molar-refractivity contribution in [1.82, 2.24) is 9.80 Å². The summed E-state index contributed by atoms with van der Waals surface area (Å²) in [5.74, 6) is -2.96.